The zero-order valence-electron chi connectivity index (χ0n) is 16.6. The van der Waals surface area contributed by atoms with E-state index >= 15 is 0 Å². The number of fused-ring (bicyclic) bond motifs is 1. The standard InChI is InChI=1S/C22H26N4O2S/c1-25-20-9-5-4-8-19(20)24-22(25)29-16-21(27)23-14-17-6-2-3-7-18(17)15-26-10-12-28-13-11-26/h2-9H,10-16H2,1H3,(H,23,27). The highest BCUT2D eigenvalue weighted by molar-refractivity contribution is 7.99. The monoisotopic (exact) mass is 410 g/mol. The van der Waals surface area contributed by atoms with Crippen LogP contribution in [0.25, 0.3) is 11.0 Å². The normalized spacial score (nSPS) is 14.9. The number of thioether (sulfide) groups is 1. The fourth-order valence-corrected chi connectivity index (χ4v) is 4.33. The van der Waals surface area contributed by atoms with Gasteiger partial charge in [-0.1, -0.05) is 48.2 Å². The SMILES string of the molecule is Cn1c(SCC(=O)NCc2ccccc2CN2CCOCC2)nc2ccccc21. The Morgan fingerprint density at radius 2 is 1.83 bits per heavy atom. The highest BCUT2D eigenvalue weighted by Gasteiger charge is 2.14. The van der Waals surface area contributed by atoms with Gasteiger partial charge in [0.25, 0.3) is 0 Å². The van der Waals surface area contributed by atoms with Gasteiger partial charge in [0.2, 0.25) is 5.91 Å². The van der Waals surface area contributed by atoms with Crippen molar-refractivity contribution in [2.45, 2.75) is 18.2 Å². The van der Waals surface area contributed by atoms with Gasteiger partial charge in [0.1, 0.15) is 0 Å². The smallest absolute Gasteiger partial charge is 0.230 e. The zero-order chi connectivity index (χ0) is 20.1. The van der Waals surface area contributed by atoms with Crippen LogP contribution >= 0.6 is 11.8 Å². The lowest BCUT2D eigenvalue weighted by atomic mass is 10.1. The summed E-state index contributed by atoms with van der Waals surface area (Å²) in [5.74, 6) is 0.367. The number of ether oxygens (including phenoxy) is 1. The van der Waals surface area contributed by atoms with E-state index in [2.05, 4.69) is 33.4 Å². The van der Waals surface area contributed by atoms with Crippen LogP contribution in [-0.4, -0.2) is 52.4 Å². The Balaban J connectivity index is 1.32. The lowest BCUT2D eigenvalue weighted by Gasteiger charge is -2.27. The summed E-state index contributed by atoms with van der Waals surface area (Å²) in [5.41, 5.74) is 4.46. The quantitative estimate of drug-likeness (QED) is 0.607. The van der Waals surface area contributed by atoms with Gasteiger partial charge in [-0.3, -0.25) is 9.69 Å². The molecule has 29 heavy (non-hydrogen) atoms. The molecular formula is C22H26N4O2S. The summed E-state index contributed by atoms with van der Waals surface area (Å²) in [6, 6.07) is 16.3. The van der Waals surface area contributed by atoms with E-state index in [-0.39, 0.29) is 5.91 Å². The van der Waals surface area contributed by atoms with Gasteiger partial charge in [-0.25, -0.2) is 4.98 Å². The number of carbonyl (C=O) groups excluding carboxylic acids is 1. The first-order chi connectivity index (χ1) is 14.2. The number of rotatable bonds is 7. The molecule has 2 heterocycles. The Bertz CT molecular complexity index is 982. The number of carbonyl (C=O) groups is 1. The minimum absolute atomic E-state index is 0.0169. The molecule has 0 unspecified atom stereocenters. The van der Waals surface area contributed by atoms with Crippen LogP contribution in [0.15, 0.2) is 53.7 Å². The van der Waals surface area contributed by atoms with Crippen molar-refractivity contribution in [2.75, 3.05) is 32.1 Å². The van der Waals surface area contributed by atoms with Crippen molar-refractivity contribution < 1.29 is 9.53 Å². The molecule has 4 rings (SSSR count). The van der Waals surface area contributed by atoms with E-state index in [1.165, 1.54) is 22.9 Å². The summed E-state index contributed by atoms with van der Waals surface area (Å²) in [4.78, 5) is 19.4. The number of hydrogen-bond acceptors (Lipinski definition) is 5. The molecule has 6 nitrogen and oxygen atoms in total. The van der Waals surface area contributed by atoms with Crippen LogP contribution in [-0.2, 0) is 29.7 Å². The second-order valence-corrected chi connectivity index (χ2v) is 8.11. The van der Waals surface area contributed by atoms with Gasteiger partial charge in [0.05, 0.1) is 30.0 Å². The van der Waals surface area contributed by atoms with Gasteiger partial charge in [0.15, 0.2) is 5.16 Å². The predicted octanol–water partition coefficient (Wildman–Crippen LogP) is 2.81. The number of morpholine rings is 1. The molecule has 0 aliphatic carbocycles. The Labute approximate surface area is 175 Å². The lowest BCUT2D eigenvalue weighted by Crippen LogP contribution is -2.36. The minimum Gasteiger partial charge on any atom is -0.379 e. The van der Waals surface area contributed by atoms with E-state index in [1.807, 2.05) is 41.9 Å². The Kier molecular flexibility index (Phi) is 6.49. The molecule has 152 valence electrons. The van der Waals surface area contributed by atoms with Crippen molar-refractivity contribution >= 4 is 28.7 Å². The summed E-state index contributed by atoms with van der Waals surface area (Å²) in [6.45, 7) is 4.92. The molecule has 1 N–H and O–H groups in total. The number of imidazole rings is 1. The van der Waals surface area contributed by atoms with Crippen molar-refractivity contribution in [3.63, 3.8) is 0 Å². The summed E-state index contributed by atoms with van der Waals surface area (Å²) in [5, 5.41) is 3.92. The minimum atomic E-state index is 0.0169. The molecule has 0 radical (unpaired) electrons. The predicted molar refractivity (Wildman–Crippen MR) is 116 cm³/mol. The lowest BCUT2D eigenvalue weighted by molar-refractivity contribution is -0.118. The maximum absolute atomic E-state index is 12.4. The largest absolute Gasteiger partial charge is 0.379 e. The fourth-order valence-electron chi connectivity index (χ4n) is 3.51. The maximum atomic E-state index is 12.4. The number of aromatic nitrogens is 2. The Morgan fingerprint density at radius 1 is 1.10 bits per heavy atom. The van der Waals surface area contributed by atoms with Crippen LogP contribution < -0.4 is 5.32 Å². The van der Waals surface area contributed by atoms with E-state index in [0.717, 1.165) is 49.0 Å². The van der Waals surface area contributed by atoms with Crippen molar-refractivity contribution in [1.82, 2.24) is 19.8 Å². The van der Waals surface area contributed by atoms with Crippen LogP contribution in [0.1, 0.15) is 11.1 Å². The van der Waals surface area contributed by atoms with Crippen LogP contribution in [0, 0.1) is 0 Å². The zero-order valence-corrected chi connectivity index (χ0v) is 17.5. The third kappa shape index (κ3) is 4.98. The molecular weight excluding hydrogens is 384 g/mol. The van der Waals surface area contributed by atoms with Gasteiger partial charge >= 0.3 is 0 Å². The summed E-state index contributed by atoms with van der Waals surface area (Å²) >= 11 is 1.47. The summed E-state index contributed by atoms with van der Waals surface area (Å²) < 4.78 is 7.46. The molecule has 7 heteroatoms. The molecule has 1 aliphatic heterocycles. The number of nitrogens with one attached hydrogen (secondary N) is 1. The fraction of sp³-hybridized carbons (Fsp3) is 0.364. The van der Waals surface area contributed by atoms with Gasteiger partial charge in [-0.05, 0) is 23.3 Å². The van der Waals surface area contributed by atoms with E-state index in [0.29, 0.717) is 12.3 Å². The molecule has 0 saturated carbocycles. The highest BCUT2D eigenvalue weighted by atomic mass is 32.2. The van der Waals surface area contributed by atoms with Crippen molar-refractivity contribution in [3.8, 4) is 0 Å². The summed E-state index contributed by atoms with van der Waals surface area (Å²) in [6.07, 6.45) is 0. The number of para-hydroxylation sites is 2. The summed E-state index contributed by atoms with van der Waals surface area (Å²) in [7, 11) is 1.98. The van der Waals surface area contributed by atoms with Crippen LogP contribution in [0.4, 0.5) is 0 Å². The molecule has 0 atom stereocenters. The van der Waals surface area contributed by atoms with Crippen LogP contribution in [0.3, 0.4) is 0 Å². The molecule has 1 aliphatic rings. The van der Waals surface area contributed by atoms with Gasteiger partial charge in [-0.2, -0.15) is 0 Å². The third-order valence-corrected chi connectivity index (χ3v) is 6.20. The second kappa shape index (κ2) is 9.43. The number of benzene rings is 2. The first-order valence-corrected chi connectivity index (χ1v) is 10.9. The van der Waals surface area contributed by atoms with Gasteiger partial charge in [0, 0.05) is 33.2 Å². The molecule has 1 amide bonds. The molecule has 1 saturated heterocycles. The molecule has 2 aromatic carbocycles. The van der Waals surface area contributed by atoms with Crippen molar-refractivity contribution in [3.05, 3.63) is 59.7 Å². The molecule has 0 spiro atoms. The number of hydrogen-bond donors (Lipinski definition) is 1. The first kappa shape index (κ1) is 19.9. The van der Waals surface area contributed by atoms with E-state index in [9.17, 15) is 4.79 Å². The second-order valence-electron chi connectivity index (χ2n) is 7.16. The Hall–Kier alpha value is -2.35. The highest BCUT2D eigenvalue weighted by Crippen LogP contribution is 2.22. The molecule has 1 fully saturated rings. The molecule has 1 aromatic heterocycles. The molecule has 0 bridgehead atoms. The average Bonchev–Trinajstić information content (AvgIpc) is 3.08. The first-order valence-electron chi connectivity index (χ1n) is 9.88. The number of amides is 1. The maximum Gasteiger partial charge on any atom is 0.230 e. The Morgan fingerprint density at radius 3 is 2.62 bits per heavy atom. The van der Waals surface area contributed by atoms with Crippen LogP contribution in [0.5, 0.6) is 0 Å². The van der Waals surface area contributed by atoms with E-state index < -0.39 is 0 Å². The van der Waals surface area contributed by atoms with E-state index in [1.54, 1.807) is 0 Å². The van der Waals surface area contributed by atoms with Gasteiger partial charge < -0.3 is 14.6 Å². The van der Waals surface area contributed by atoms with Crippen molar-refractivity contribution in [2.24, 2.45) is 7.05 Å². The van der Waals surface area contributed by atoms with Crippen molar-refractivity contribution in [1.29, 1.82) is 0 Å². The topological polar surface area (TPSA) is 59.4 Å². The third-order valence-electron chi connectivity index (χ3n) is 5.17. The van der Waals surface area contributed by atoms with Crippen LogP contribution in [0.2, 0.25) is 0 Å². The van der Waals surface area contributed by atoms with E-state index in [4.69, 9.17) is 4.74 Å². The average molecular weight is 411 g/mol. The molecule has 3 aromatic rings. The number of nitrogens with zero attached hydrogens (tertiary/aromatic N) is 3. The van der Waals surface area contributed by atoms with Gasteiger partial charge in [-0.15, -0.1) is 0 Å². The number of aryl methyl sites for hydroxylation is 1.